The third kappa shape index (κ3) is 4.85. The first-order chi connectivity index (χ1) is 12.1. The van der Waals surface area contributed by atoms with Gasteiger partial charge in [0.1, 0.15) is 0 Å². The monoisotopic (exact) mass is 369 g/mol. The van der Waals surface area contributed by atoms with E-state index in [9.17, 15) is 4.79 Å². The molecule has 126 valence electrons. The van der Waals surface area contributed by atoms with Gasteiger partial charge in [-0.1, -0.05) is 59.6 Å². The lowest BCUT2D eigenvalue weighted by Crippen LogP contribution is -2.15. The van der Waals surface area contributed by atoms with E-state index in [4.69, 9.17) is 23.2 Å². The van der Waals surface area contributed by atoms with Gasteiger partial charge in [0, 0.05) is 27.7 Å². The first-order valence-electron chi connectivity index (χ1n) is 7.97. The van der Waals surface area contributed by atoms with E-state index in [1.54, 1.807) is 24.3 Å². The maximum atomic E-state index is 12.7. The maximum Gasteiger partial charge on any atom is 0.165 e. The molecule has 1 unspecified atom stereocenters. The van der Waals surface area contributed by atoms with Crippen LogP contribution in [0, 0.1) is 0 Å². The van der Waals surface area contributed by atoms with Crippen molar-refractivity contribution in [2.75, 3.05) is 5.32 Å². The lowest BCUT2D eigenvalue weighted by molar-refractivity contribution is 0.0976. The molecule has 1 N–H and O–H groups in total. The van der Waals surface area contributed by atoms with E-state index in [1.807, 2.05) is 54.6 Å². The van der Waals surface area contributed by atoms with Crippen LogP contribution in [0.3, 0.4) is 0 Å². The van der Waals surface area contributed by atoms with Crippen molar-refractivity contribution in [3.05, 3.63) is 100 Å². The second-order valence-electron chi connectivity index (χ2n) is 5.75. The summed E-state index contributed by atoms with van der Waals surface area (Å²) in [6.07, 6.45) is 0.332. The van der Waals surface area contributed by atoms with Crippen LogP contribution in [-0.4, -0.2) is 5.78 Å². The first-order valence-corrected chi connectivity index (χ1v) is 8.73. The molecule has 0 saturated carbocycles. The minimum atomic E-state index is -0.150. The van der Waals surface area contributed by atoms with Crippen LogP contribution in [0.1, 0.15) is 28.4 Å². The zero-order chi connectivity index (χ0) is 17.6. The number of Topliss-reactive ketones (excluding diaryl/α,β-unsaturated/α-hetero) is 1. The first kappa shape index (κ1) is 17.5. The lowest BCUT2D eigenvalue weighted by Gasteiger charge is -2.20. The Balaban J connectivity index is 1.83. The van der Waals surface area contributed by atoms with Crippen molar-refractivity contribution in [2.45, 2.75) is 12.5 Å². The van der Waals surface area contributed by atoms with Crippen LogP contribution in [0.2, 0.25) is 10.0 Å². The number of ketones is 1. The highest BCUT2D eigenvalue weighted by Crippen LogP contribution is 2.26. The van der Waals surface area contributed by atoms with E-state index in [2.05, 4.69) is 5.32 Å². The van der Waals surface area contributed by atoms with Gasteiger partial charge in [0.05, 0.1) is 6.04 Å². The summed E-state index contributed by atoms with van der Waals surface area (Å²) in [5, 5.41) is 4.69. The molecule has 3 aromatic carbocycles. The van der Waals surface area contributed by atoms with Crippen LogP contribution in [-0.2, 0) is 0 Å². The number of hydrogen-bond donors (Lipinski definition) is 1. The number of halogens is 2. The molecule has 0 amide bonds. The minimum Gasteiger partial charge on any atom is -0.378 e. The summed E-state index contributed by atoms with van der Waals surface area (Å²) in [7, 11) is 0. The zero-order valence-electron chi connectivity index (χ0n) is 13.5. The van der Waals surface area contributed by atoms with E-state index >= 15 is 0 Å². The van der Waals surface area contributed by atoms with Gasteiger partial charge >= 0.3 is 0 Å². The average molecular weight is 370 g/mol. The maximum absolute atomic E-state index is 12.7. The zero-order valence-corrected chi connectivity index (χ0v) is 15.0. The van der Waals surface area contributed by atoms with E-state index in [-0.39, 0.29) is 11.8 Å². The number of rotatable bonds is 6. The van der Waals surface area contributed by atoms with Gasteiger partial charge in [-0.05, 0) is 48.0 Å². The highest BCUT2D eigenvalue weighted by atomic mass is 35.5. The third-order valence-corrected chi connectivity index (χ3v) is 4.41. The molecular formula is C21H17Cl2NO. The molecule has 0 radical (unpaired) electrons. The molecule has 0 fully saturated rings. The van der Waals surface area contributed by atoms with E-state index < -0.39 is 0 Å². The topological polar surface area (TPSA) is 29.1 Å². The van der Waals surface area contributed by atoms with Gasteiger partial charge in [-0.25, -0.2) is 0 Å². The van der Waals surface area contributed by atoms with Crippen LogP contribution in [0.15, 0.2) is 78.9 Å². The molecule has 0 saturated heterocycles. The predicted molar refractivity (Wildman–Crippen MR) is 105 cm³/mol. The van der Waals surface area contributed by atoms with Gasteiger partial charge < -0.3 is 5.32 Å². The van der Waals surface area contributed by atoms with E-state index in [1.165, 1.54) is 0 Å². The van der Waals surface area contributed by atoms with E-state index in [0.29, 0.717) is 22.0 Å². The molecule has 2 nitrogen and oxygen atoms in total. The molecule has 0 spiro atoms. The summed E-state index contributed by atoms with van der Waals surface area (Å²) in [5.74, 6) is 0.0556. The fourth-order valence-electron chi connectivity index (χ4n) is 2.66. The van der Waals surface area contributed by atoms with Crippen molar-refractivity contribution >= 4 is 34.7 Å². The third-order valence-electron chi connectivity index (χ3n) is 3.92. The summed E-state index contributed by atoms with van der Waals surface area (Å²) < 4.78 is 0. The molecule has 3 aromatic rings. The second-order valence-corrected chi connectivity index (χ2v) is 6.63. The Morgan fingerprint density at radius 2 is 1.56 bits per heavy atom. The van der Waals surface area contributed by atoms with Crippen LogP contribution in [0.25, 0.3) is 0 Å². The Hall–Kier alpha value is -2.29. The summed E-state index contributed by atoms with van der Waals surface area (Å²) in [5.41, 5.74) is 2.58. The van der Waals surface area contributed by atoms with Crippen molar-refractivity contribution in [1.82, 2.24) is 0 Å². The lowest BCUT2D eigenvalue weighted by atomic mass is 9.97. The number of benzene rings is 3. The number of hydrogen-bond acceptors (Lipinski definition) is 2. The number of nitrogens with one attached hydrogen (secondary N) is 1. The highest BCUT2D eigenvalue weighted by molar-refractivity contribution is 6.31. The van der Waals surface area contributed by atoms with Gasteiger partial charge in [-0.15, -0.1) is 0 Å². The molecule has 25 heavy (non-hydrogen) atoms. The summed E-state index contributed by atoms with van der Waals surface area (Å²) in [6, 6.07) is 24.2. The Morgan fingerprint density at radius 1 is 0.840 bits per heavy atom. The van der Waals surface area contributed by atoms with Crippen molar-refractivity contribution in [1.29, 1.82) is 0 Å². The van der Waals surface area contributed by atoms with Crippen molar-refractivity contribution in [2.24, 2.45) is 0 Å². The largest absolute Gasteiger partial charge is 0.378 e. The molecule has 1 atom stereocenters. The van der Waals surface area contributed by atoms with Crippen molar-refractivity contribution in [3.63, 3.8) is 0 Å². The average Bonchev–Trinajstić information content (AvgIpc) is 2.62. The van der Waals surface area contributed by atoms with Crippen molar-refractivity contribution < 1.29 is 4.79 Å². The summed E-state index contributed by atoms with van der Waals surface area (Å²) in [6.45, 7) is 0. The molecule has 0 bridgehead atoms. The number of carbonyl (C=O) groups excluding carboxylic acids is 1. The SMILES string of the molecule is O=C(CC(Nc1cccc(Cl)c1)c1ccccc1)c1ccc(Cl)cc1. The Kier molecular flexibility index (Phi) is 5.75. The molecule has 0 aliphatic carbocycles. The Labute approximate surface area is 157 Å². The van der Waals surface area contributed by atoms with Crippen LogP contribution >= 0.6 is 23.2 Å². The quantitative estimate of drug-likeness (QED) is 0.507. The van der Waals surface area contributed by atoms with Crippen LogP contribution < -0.4 is 5.32 Å². The summed E-state index contributed by atoms with van der Waals surface area (Å²) >= 11 is 12.0. The van der Waals surface area contributed by atoms with Crippen molar-refractivity contribution in [3.8, 4) is 0 Å². The number of carbonyl (C=O) groups is 1. The summed E-state index contributed by atoms with van der Waals surface area (Å²) in [4.78, 5) is 12.7. The Morgan fingerprint density at radius 3 is 2.24 bits per heavy atom. The molecule has 4 heteroatoms. The van der Waals surface area contributed by atoms with Gasteiger partial charge in [0.25, 0.3) is 0 Å². The second kappa shape index (κ2) is 8.19. The van der Waals surface area contributed by atoms with Gasteiger partial charge in [-0.2, -0.15) is 0 Å². The normalized spacial score (nSPS) is 11.8. The Bertz CT molecular complexity index is 847. The smallest absolute Gasteiger partial charge is 0.165 e. The highest BCUT2D eigenvalue weighted by Gasteiger charge is 2.17. The predicted octanol–water partition coefficient (Wildman–Crippen LogP) is 6.42. The van der Waals surface area contributed by atoms with Gasteiger partial charge in [0.15, 0.2) is 5.78 Å². The standard InChI is InChI=1S/C21H17Cl2NO/c22-17-11-9-16(10-12-17)21(25)14-20(15-5-2-1-3-6-15)24-19-8-4-7-18(23)13-19/h1-13,20,24H,14H2. The molecular weight excluding hydrogens is 353 g/mol. The van der Waals surface area contributed by atoms with E-state index in [0.717, 1.165) is 11.3 Å². The molecule has 3 rings (SSSR count). The van der Waals surface area contributed by atoms with Gasteiger partial charge in [-0.3, -0.25) is 4.79 Å². The minimum absolute atomic E-state index is 0.0556. The number of anilines is 1. The fraction of sp³-hybridized carbons (Fsp3) is 0.0952. The van der Waals surface area contributed by atoms with Gasteiger partial charge in [0.2, 0.25) is 0 Å². The molecule has 0 aromatic heterocycles. The molecule has 0 heterocycles. The van der Waals surface area contributed by atoms with Crippen LogP contribution in [0.5, 0.6) is 0 Å². The molecule has 0 aliphatic heterocycles. The fourth-order valence-corrected chi connectivity index (χ4v) is 2.97. The van der Waals surface area contributed by atoms with Crippen LogP contribution in [0.4, 0.5) is 5.69 Å². The molecule has 0 aliphatic rings.